The summed E-state index contributed by atoms with van der Waals surface area (Å²) in [5, 5.41) is 14.9. The third kappa shape index (κ3) is 5.29. The number of amides is 1. The zero-order valence-electron chi connectivity index (χ0n) is 15.4. The van der Waals surface area contributed by atoms with Gasteiger partial charge in [0.25, 0.3) is 0 Å². The van der Waals surface area contributed by atoms with Crippen molar-refractivity contribution in [2.75, 3.05) is 13.1 Å². The second kappa shape index (κ2) is 9.14. The highest BCUT2D eigenvalue weighted by molar-refractivity contribution is 5.85. The van der Waals surface area contributed by atoms with E-state index in [-0.39, 0.29) is 18.3 Å². The summed E-state index contributed by atoms with van der Waals surface area (Å²) in [6.07, 6.45) is 5.74. The van der Waals surface area contributed by atoms with Gasteiger partial charge in [-0.1, -0.05) is 23.4 Å². The van der Waals surface area contributed by atoms with E-state index in [1.807, 2.05) is 50.4 Å². The first-order valence-electron chi connectivity index (χ1n) is 9.04. The molecule has 1 saturated heterocycles. The fraction of sp³-hybridized carbons (Fsp3) is 0.526. The Bertz CT molecular complexity index is 695. The number of aromatic nitrogens is 3. The fourth-order valence-electron chi connectivity index (χ4n) is 3.24. The van der Waals surface area contributed by atoms with Crippen LogP contribution >= 0.6 is 12.4 Å². The molecule has 26 heavy (non-hydrogen) atoms. The van der Waals surface area contributed by atoms with Crippen molar-refractivity contribution in [2.24, 2.45) is 5.92 Å². The van der Waals surface area contributed by atoms with Crippen molar-refractivity contribution in [3.63, 3.8) is 0 Å². The lowest BCUT2D eigenvalue weighted by Crippen LogP contribution is -2.41. The van der Waals surface area contributed by atoms with E-state index in [1.165, 1.54) is 12.8 Å². The van der Waals surface area contributed by atoms with Gasteiger partial charge in [0.1, 0.15) is 5.69 Å². The molecule has 0 saturated carbocycles. The third-order valence-corrected chi connectivity index (χ3v) is 4.84. The minimum absolute atomic E-state index is 0. The molecule has 7 heteroatoms. The van der Waals surface area contributed by atoms with Gasteiger partial charge in [0.2, 0.25) is 5.91 Å². The number of carbonyl (C=O) groups excluding carboxylic acids is 1. The van der Waals surface area contributed by atoms with Gasteiger partial charge in [0.05, 0.1) is 17.4 Å². The first-order valence-corrected chi connectivity index (χ1v) is 9.04. The molecule has 1 aliphatic rings. The number of nitrogens with zero attached hydrogens (tertiary/aromatic N) is 3. The van der Waals surface area contributed by atoms with Gasteiger partial charge in [-0.05, 0) is 64.3 Å². The molecule has 1 aromatic heterocycles. The van der Waals surface area contributed by atoms with E-state index in [4.69, 9.17) is 0 Å². The Labute approximate surface area is 161 Å². The minimum atomic E-state index is -0.543. The maximum absolute atomic E-state index is 12.4. The average Bonchev–Trinajstić information content (AvgIpc) is 3.12. The van der Waals surface area contributed by atoms with Gasteiger partial charge in [-0.25, -0.2) is 4.68 Å². The van der Waals surface area contributed by atoms with Crippen LogP contribution in [0.25, 0.3) is 5.69 Å². The largest absolute Gasteiger partial charge is 0.345 e. The van der Waals surface area contributed by atoms with Crippen LogP contribution in [0, 0.1) is 5.92 Å². The smallest absolute Gasteiger partial charge is 0.220 e. The summed E-state index contributed by atoms with van der Waals surface area (Å²) >= 11 is 0. The number of para-hydroxylation sites is 1. The van der Waals surface area contributed by atoms with Crippen LogP contribution in [0.15, 0.2) is 36.5 Å². The lowest BCUT2D eigenvalue weighted by atomic mass is 9.92. The SMILES string of the molecule is CC(C)(NC(=O)CCC1CCNCC1)c1cn(-c2ccccc2)nn1.Cl. The first-order chi connectivity index (χ1) is 12.0. The molecule has 1 aromatic carbocycles. The molecule has 0 radical (unpaired) electrons. The monoisotopic (exact) mass is 377 g/mol. The molecule has 1 fully saturated rings. The van der Waals surface area contributed by atoms with Gasteiger partial charge in [-0.15, -0.1) is 17.5 Å². The van der Waals surface area contributed by atoms with E-state index in [9.17, 15) is 4.79 Å². The van der Waals surface area contributed by atoms with E-state index >= 15 is 0 Å². The predicted octanol–water partition coefficient (Wildman–Crippen LogP) is 2.82. The first kappa shape index (κ1) is 20.4. The maximum atomic E-state index is 12.4. The highest BCUT2D eigenvalue weighted by Gasteiger charge is 2.27. The number of rotatable bonds is 6. The summed E-state index contributed by atoms with van der Waals surface area (Å²) in [6, 6.07) is 9.84. The molecule has 6 nitrogen and oxygen atoms in total. The maximum Gasteiger partial charge on any atom is 0.220 e. The van der Waals surface area contributed by atoms with Crippen LogP contribution in [-0.4, -0.2) is 34.0 Å². The van der Waals surface area contributed by atoms with Crippen LogP contribution in [0.2, 0.25) is 0 Å². The van der Waals surface area contributed by atoms with E-state index in [0.717, 1.165) is 30.9 Å². The average molecular weight is 378 g/mol. The standard InChI is InChI=1S/C19H27N5O.ClH/c1-19(2,21-18(25)9-8-15-10-12-20-13-11-15)17-14-24(23-22-17)16-6-4-3-5-7-16;/h3-7,14-15,20H,8-13H2,1-2H3,(H,21,25);1H. The highest BCUT2D eigenvalue weighted by atomic mass is 35.5. The molecule has 0 aliphatic carbocycles. The number of hydrogen-bond donors (Lipinski definition) is 2. The number of nitrogens with one attached hydrogen (secondary N) is 2. The molecule has 142 valence electrons. The molecule has 1 aliphatic heterocycles. The highest BCUT2D eigenvalue weighted by Crippen LogP contribution is 2.21. The van der Waals surface area contributed by atoms with E-state index in [0.29, 0.717) is 12.3 Å². The molecule has 0 spiro atoms. The molecule has 3 rings (SSSR count). The molecule has 2 N–H and O–H groups in total. The molecule has 0 bridgehead atoms. The number of benzene rings is 1. The predicted molar refractivity (Wildman–Crippen MR) is 105 cm³/mol. The summed E-state index contributed by atoms with van der Waals surface area (Å²) in [7, 11) is 0. The molecular weight excluding hydrogens is 350 g/mol. The molecule has 0 unspecified atom stereocenters. The molecule has 1 amide bonds. The third-order valence-electron chi connectivity index (χ3n) is 4.84. The summed E-state index contributed by atoms with van der Waals surface area (Å²) in [5.74, 6) is 0.742. The Morgan fingerprint density at radius 1 is 1.27 bits per heavy atom. The Hall–Kier alpha value is -1.92. The van der Waals surface area contributed by atoms with E-state index in [1.54, 1.807) is 4.68 Å². The van der Waals surface area contributed by atoms with Crippen molar-refractivity contribution in [1.29, 1.82) is 0 Å². The van der Waals surface area contributed by atoms with Crippen LogP contribution < -0.4 is 10.6 Å². The topological polar surface area (TPSA) is 71.8 Å². The van der Waals surface area contributed by atoms with Gasteiger partial charge >= 0.3 is 0 Å². The van der Waals surface area contributed by atoms with Gasteiger partial charge in [0.15, 0.2) is 0 Å². The summed E-state index contributed by atoms with van der Waals surface area (Å²) in [6.45, 7) is 6.07. The van der Waals surface area contributed by atoms with Gasteiger partial charge in [-0.2, -0.15) is 0 Å². The van der Waals surface area contributed by atoms with Crippen molar-refractivity contribution in [3.8, 4) is 5.69 Å². The second-order valence-corrected chi connectivity index (χ2v) is 7.29. The van der Waals surface area contributed by atoms with Crippen LogP contribution in [0.1, 0.15) is 45.2 Å². The minimum Gasteiger partial charge on any atom is -0.345 e. The van der Waals surface area contributed by atoms with Gasteiger partial charge < -0.3 is 10.6 Å². The number of hydrogen-bond acceptors (Lipinski definition) is 4. The molecule has 0 atom stereocenters. The zero-order chi connectivity index (χ0) is 17.7. The summed E-state index contributed by atoms with van der Waals surface area (Å²) in [5.41, 5.74) is 1.17. The Morgan fingerprint density at radius 2 is 1.96 bits per heavy atom. The van der Waals surface area contributed by atoms with E-state index in [2.05, 4.69) is 20.9 Å². The number of piperidine rings is 1. The molecular formula is C19H28ClN5O. The van der Waals surface area contributed by atoms with Crippen LogP contribution in [0.4, 0.5) is 0 Å². The molecule has 2 aromatic rings. The summed E-state index contributed by atoms with van der Waals surface area (Å²) in [4.78, 5) is 12.4. The lowest BCUT2D eigenvalue weighted by Gasteiger charge is -2.25. The van der Waals surface area contributed by atoms with Crippen LogP contribution in [0.3, 0.4) is 0 Å². The summed E-state index contributed by atoms with van der Waals surface area (Å²) < 4.78 is 1.73. The number of halogens is 1. The normalized spacial score (nSPS) is 15.3. The Kier molecular flexibility index (Phi) is 7.17. The lowest BCUT2D eigenvalue weighted by molar-refractivity contribution is -0.123. The zero-order valence-corrected chi connectivity index (χ0v) is 16.3. The van der Waals surface area contributed by atoms with Crippen molar-refractivity contribution in [1.82, 2.24) is 25.6 Å². The van der Waals surface area contributed by atoms with Crippen molar-refractivity contribution in [3.05, 3.63) is 42.2 Å². The van der Waals surface area contributed by atoms with Crippen molar-refractivity contribution in [2.45, 2.75) is 45.1 Å². The van der Waals surface area contributed by atoms with E-state index < -0.39 is 5.54 Å². The van der Waals surface area contributed by atoms with Crippen molar-refractivity contribution < 1.29 is 4.79 Å². The molecule has 2 heterocycles. The van der Waals surface area contributed by atoms with Crippen molar-refractivity contribution >= 4 is 18.3 Å². The fourth-order valence-corrected chi connectivity index (χ4v) is 3.24. The Morgan fingerprint density at radius 3 is 2.65 bits per heavy atom. The van der Waals surface area contributed by atoms with Gasteiger partial charge in [0, 0.05) is 6.42 Å². The number of carbonyl (C=O) groups is 1. The van der Waals surface area contributed by atoms with Crippen LogP contribution in [-0.2, 0) is 10.3 Å². The quantitative estimate of drug-likeness (QED) is 0.812. The Balaban J connectivity index is 0.00000243. The van der Waals surface area contributed by atoms with Crippen LogP contribution in [0.5, 0.6) is 0 Å². The second-order valence-electron chi connectivity index (χ2n) is 7.29. The van der Waals surface area contributed by atoms with Gasteiger partial charge in [-0.3, -0.25) is 4.79 Å².